The number of rotatable bonds is 5. The minimum absolute atomic E-state index is 0.0348. The van der Waals surface area contributed by atoms with Gasteiger partial charge < -0.3 is 19.9 Å². The number of phenolic OH excluding ortho intramolecular Hbond substituents is 1. The lowest BCUT2D eigenvalue weighted by Gasteiger charge is -2.13. The summed E-state index contributed by atoms with van der Waals surface area (Å²) in [6, 6.07) is 3.29. The molecule has 94 valence electrons. The minimum Gasteiger partial charge on any atom is -0.504 e. The van der Waals surface area contributed by atoms with Crippen molar-refractivity contribution in [2.24, 2.45) is 0 Å². The molecule has 0 heterocycles. The molecule has 0 aliphatic carbocycles. The Morgan fingerprint density at radius 1 is 1.29 bits per heavy atom. The van der Waals surface area contributed by atoms with E-state index in [4.69, 9.17) is 9.47 Å². The number of phenols is 1. The summed E-state index contributed by atoms with van der Waals surface area (Å²) in [7, 11) is 2.98. The second kappa shape index (κ2) is 5.98. The highest BCUT2D eigenvalue weighted by molar-refractivity contribution is 5.72. The zero-order chi connectivity index (χ0) is 12.8. The molecule has 0 aliphatic rings. The van der Waals surface area contributed by atoms with Crippen LogP contribution in [0.1, 0.15) is 12.5 Å². The van der Waals surface area contributed by atoms with Crippen molar-refractivity contribution in [3.8, 4) is 17.2 Å². The van der Waals surface area contributed by atoms with Crippen LogP contribution in [0, 0.1) is 0 Å². The lowest BCUT2D eigenvalue weighted by atomic mass is 10.1. The van der Waals surface area contributed by atoms with E-state index in [1.54, 1.807) is 12.1 Å². The summed E-state index contributed by atoms with van der Waals surface area (Å²) in [6.07, 6.45) is 0.611. The summed E-state index contributed by atoms with van der Waals surface area (Å²) < 4.78 is 10.3. The van der Waals surface area contributed by atoms with Crippen molar-refractivity contribution in [3.63, 3.8) is 0 Å². The maximum Gasteiger partial charge on any atom is 0.216 e. The standard InChI is InChI=1S/C12H17NO4/c1-8(14)13-7-6-9-4-5-10(15)12(17-3)11(9)16-2/h4-5,15H,6-7H2,1-3H3,(H,13,14). The van der Waals surface area contributed by atoms with Crippen LogP contribution in [0.2, 0.25) is 0 Å². The van der Waals surface area contributed by atoms with Crippen LogP contribution in [0.15, 0.2) is 12.1 Å². The molecule has 5 heteroatoms. The van der Waals surface area contributed by atoms with Crippen LogP contribution in [0.4, 0.5) is 0 Å². The van der Waals surface area contributed by atoms with E-state index in [-0.39, 0.29) is 11.7 Å². The predicted molar refractivity (Wildman–Crippen MR) is 63.6 cm³/mol. The minimum atomic E-state index is -0.0743. The van der Waals surface area contributed by atoms with Crippen LogP contribution in [0.3, 0.4) is 0 Å². The van der Waals surface area contributed by atoms with Crippen LogP contribution < -0.4 is 14.8 Å². The molecule has 0 atom stereocenters. The van der Waals surface area contributed by atoms with Gasteiger partial charge in [-0.25, -0.2) is 0 Å². The largest absolute Gasteiger partial charge is 0.504 e. The lowest BCUT2D eigenvalue weighted by Crippen LogP contribution is -2.22. The summed E-state index contributed by atoms with van der Waals surface area (Å²) in [6.45, 7) is 1.98. The Balaban J connectivity index is 2.88. The number of carbonyl (C=O) groups excluding carboxylic acids is 1. The van der Waals surface area contributed by atoms with Gasteiger partial charge in [0.05, 0.1) is 14.2 Å². The maximum absolute atomic E-state index is 10.8. The van der Waals surface area contributed by atoms with Gasteiger partial charge in [0, 0.05) is 19.0 Å². The van der Waals surface area contributed by atoms with Crippen LogP contribution in [-0.2, 0) is 11.2 Å². The van der Waals surface area contributed by atoms with Gasteiger partial charge in [0.2, 0.25) is 11.7 Å². The molecular formula is C12H17NO4. The van der Waals surface area contributed by atoms with Crippen molar-refractivity contribution in [2.75, 3.05) is 20.8 Å². The van der Waals surface area contributed by atoms with Crippen molar-refractivity contribution in [3.05, 3.63) is 17.7 Å². The number of aromatic hydroxyl groups is 1. The molecule has 0 saturated carbocycles. The van der Waals surface area contributed by atoms with Gasteiger partial charge in [0.1, 0.15) is 0 Å². The highest BCUT2D eigenvalue weighted by Crippen LogP contribution is 2.38. The first kappa shape index (κ1) is 13.2. The number of carbonyl (C=O) groups is 1. The zero-order valence-electron chi connectivity index (χ0n) is 10.2. The third kappa shape index (κ3) is 3.27. The van der Waals surface area contributed by atoms with Crippen LogP contribution in [-0.4, -0.2) is 31.8 Å². The fourth-order valence-corrected chi connectivity index (χ4v) is 1.58. The monoisotopic (exact) mass is 239 g/mol. The number of methoxy groups -OCH3 is 2. The summed E-state index contributed by atoms with van der Waals surface area (Å²) in [4.78, 5) is 10.8. The van der Waals surface area contributed by atoms with E-state index in [1.807, 2.05) is 0 Å². The normalized spacial score (nSPS) is 9.82. The molecule has 0 aromatic heterocycles. The molecular weight excluding hydrogens is 222 g/mol. The average molecular weight is 239 g/mol. The number of hydrogen-bond acceptors (Lipinski definition) is 4. The SMILES string of the molecule is COc1c(O)ccc(CCNC(C)=O)c1OC. The quantitative estimate of drug-likeness (QED) is 0.807. The summed E-state index contributed by atoms with van der Waals surface area (Å²) in [5.74, 6) is 0.771. The van der Waals surface area contributed by atoms with Gasteiger partial charge in [0.15, 0.2) is 11.5 Å². The average Bonchev–Trinajstić information content (AvgIpc) is 2.29. The van der Waals surface area contributed by atoms with Gasteiger partial charge in [-0.1, -0.05) is 6.07 Å². The lowest BCUT2D eigenvalue weighted by molar-refractivity contribution is -0.118. The number of ether oxygens (including phenoxy) is 2. The number of hydrogen-bond donors (Lipinski definition) is 2. The Labute approximate surface area is 100 Å². The molecule has 1 aromatic rings. The van der Waals surface area contributed by atoms with Crippen LogP contribution in [0.5, 0.6) is 17.2 Å². The number of nitrogens with one attached hydrogen (secondary N) is 1. The molecule has 1 amide bonds. The Bertz CT molecular complexity index is 404. The molecule has 0 spiro atoms. The van der Waals surface area contributed by atoms with Crippen molar-refractivity contribution < 1.29 is 19.4 Å². The van der Waals surface area contributed by atoms with E-state index in [9.17, 15) is 9.90 Å². The second-order valence-corrected chi connectivity index (χ2v) is 3.54. The Hall–Kier alpha value is -1.91. The van der Waals surface area contributed by atoms with Crippen molar-refractivity contribution in [1.82, 2.24) is 5.32 Å². The molecule has 0 unspecified atom stereocenters. The Morgan fingerprint density at radius 3 is 2.47 bits per heavy atom. The van der Waals surface area contributed by atoms with E-state index in [2.05, 4.69) is 5.32 Å². The molecule has 0 saturated heterocycles. The van der Waals surface area contributed by atoms with Gasteiger partial charge in [-0.15, -0.1) is 0 Å². The molecule has 1 rings (SSSR count). The number of amides is 1. The van der Waals surface area contributed by atoms with Crippen LogP contribution in [0.25, 0.3) is 0 Å². The molecule has 0 fully saturated rings. The zero-order valence-corrected chi connectivity index (χ0v) is 10.2. The van der Waals surface area contributed by atoms with E-state index < -0.39 is 0 Å². The first-order valence-corrected chi connectivity index (χ1v) is 5.27. The van der Waals surface area contributed by atoms with Crippen LogP contribution >= 0.6 is 0 Å². The Morgan fingerprint density at radius 2 is 1.94 bits per heavy atom. The van der Waals surface area contributed by atoms with E-state index in [0.717, 1.165) is 5.56 Å². The summed E-state index contributed by atoms with van der Waals surface area (Å²) >= 11 is 0. The fraction of sp³-hybridized carbons (Fsp3) is 0.417. The molecule has 1 aromatic carbocycles. The smallest absolute Gasteiger partial charge is 0.216 e. The van der Waals surface area contributed by atoms with Gasteiger partial charge in [0.25, 0.3) is 0 Å². The molecule has 0 radical (unpaired) electrons. The molecule has 2 N–H and O–H groups in total. The fourth-order valence-electron chi connectivity index (χ4n) is 1.58. The first-order chi connectivity index (χ1) is 8.10. The molecule has 17 heavy (non-hydrogen) atoms. The van der Waals surface area contributed by atoms with Gasteiger partial charge in [-0.2, -0.15) is 0 Å². The maximum atomic E-state index is 10.8. The van der Waals surface area contributed by atoms with Crippen molar-refractivity contribution in [2.45, 2.75) is 13.3 Å². The third-order valence-electron chi connectivity index (χ3n) is 2.35. The van der Waals surface area contributed by atoms with E-state index in [0.29, 0.717) is 24.5 Å². The highest BCUT2D eigenvalue weighted by Gasteiger charge is 2.14. The van der Waals surface area contributed by atoms with Gasteiger partial charge in [-0.05, 0) is 12.5 Å². The third-order valence-corrected chi connectivity index (χ3v) is 2.35. The highest BCUT2D eigenvalue weighted by atomic mass is 16.5. The van der Waals surface area contributed by atoms with Gasteiger partial charge in [-0.3, -0.25) is 4.79 Å². The van der Waals surface area contributed by atoms with Gasteiger partial charge >= 0.3 is 0 Å². The summed E-state index contributed by atoms with van der Waals surface area (Å²) in [5, 5.41) is 12.3. The van der Waals surface area contributed by atoms with E-state index in [1.165, 1.54) is 21.1 Å². The molecule has 0 bridgehead atoms. The second-order valence-electron chi connectivity index (χ2n) is 3.54. The summed E-state index contributed by atoms with van der Waals surface area (Å²) in [5.41, 5.74) is 0.871. The molecule has 0 aliphatic heterocycles. The van der Waals surface area contributed by atoms with Crippen molar-refractivity contribution >= 4 is 5.91 Å². The van der Waals surface area contributed by atoms with E-state index >= 15 is 0 Å². The van der Waals surface area contributed by atoms with Crippen molar-refractivity contribution in [1.29, 1.82) is 0 Å². The Kier molecular flexibility index (Phi) is 4.63. The topological polar surface area (TPSA) is 67.8 Å². The molecule has 5 nitrogen and oxygen atoms in total. The number of benzene rings is 1. The first-order valence-electron chi connectivity index (χ1n) is 5.27. The predicted octanol–water partition coefficient (Wildman–Crippen LogP) is 1.09.